The first kappa shape index (κ1) is 15.7. The molecule has 2 heterocycles. The number of nitrogens with one attached hydrogen (secondary N) is 2. The van der Waals surface area contributed by atoms with Crippen molar-refractivity contribution in [1.82, 2.24) is 0 Å². The van der Waals surface area contributed by atoms with Crippen LogP contribution in [-0.2, 0) is 4.79 Å². The predicted molar refractivity (Wildman–Crippen MR) is 98.1 cm³/mol. The summed E-state index contributed by atoms with van der Waals surface area (Å²) in [7, 11) is 0. The van der Waals surface area contributed by atoms with Crippen molar-refractivity contribution in [1.29, 1.82) is 0 Å². The SMILES string of the molecule is O=C(Nc1ccc2c(c1)OCO2)c1oc2ccccc2c1NC(=O)C1CC1. The molecular weight excluding hydrogens is 348 g/mol. The molecule has 0 spiro atoms. The Morgan fingerprint density at radius 1 is 0.963 bits per heavy atom. The molecule has 2 amide bonds. The average Bonchev–Trinajstić information content (AvgIpc) is 3.32. The highest BCUT2D eigenvalue weighted by Gasteiger charge is 2.32. The smallest absolute Gasteiger partial charge is 0.293 e. The lowest BCUT2D eigenvalue weighted by atomic mass is 10.2. The second-order valence-electron chi connectivity index (χ2n) is 6.59. The number of benzene rings is 2. The maximum Gasteiger partial charge on any atom is 0.293 e. The normalized spacial score (nSPS) is 15.0. The summed E-state index contributed by atoms with van der Waals surface area (Å²) in [5.74, 6) is 0.759. The summed E-state index contributed by atoms with van der Waals surface area (Å²) < 4.78 is 16.3. The first-order valence-corrected chi connectivity index (χ1v) is 8.72. The van der Waals surface area contributed by atoms with Gasteiger partial charge in [-0.15, -0.1) is 0 Å². The van der Waals surface area contributed by atoms with E-state index in [2.05, 4.69) is 10.6 Å². The van der Waals surface area contributed by atoms with Crippen molar-refractivity contribution < 1.29 is 23.5 Å². The van der Waals surface area contributed by atoms with Crippen molar-refractivity contribution in [3.63, 3.8) is 0 Å². The highest BCUT2D eigenvalue weighted by Crippen LogP contribution is 2.37. The Hall–Kier alpha value is -3.48. The van der Waals surface area contributed by atoms with E-state index in [0.717, 1.165) is 12.8 Å². The minimum absolute atomic E-state index is 0.0171. The number of para-hydroxylation sites is 1. The molecule has 0 saturated heterocycles. The fourth-order valence-electron chi connectivity index (χ4n) is 3.06. The van der Waals surface area contributed by atoms with Crippen molar-refractivity contribution in [2.75, 3.05) is 17.4 Å². The van der Waals surface area contributed by atoms with Crippen LogP contribution in [0.2, 0.25) is 0 Å². The van der Waals surface area contributed by atoms with E-state index in [1.54, 1.807) is 24.3 Å². The fraction of sp³-hybridized carbons (Fsp3) is 0.200. The highest BCUT2D eigenvalue weighted by molar-refractivity contribution is 6.15. The zero-order valence-corrected chi connectivity index (χ0v) is 14.3. The van der Waals surface area contributed by atoms with E-state index in [1.165, 1.54) is 0 Å². The standard InChI is InChI=1S/C20H16N2O5/c23-19(11-5-6-11)22-17-13-3-1-2-4-14(13)27-18(17)20(24)21-12-7-8-15-16(9-12)26-10-25-15/h1-4,7-9,11H,5-6,10H2,(H,21,24)(H,22,23). The summed E-state index contributed by atoms with van der Waals surface area (Å²) in [6.07, 6.45) is 1.75. The second kappa shape index (κ2) is 6.05. The lowest BCUT2D eigenvalue weighted by molar-refractivity contribution is -0.117. The molecular formula is C20H16N2O5. The van der Waals surface area contributed by atoms with Gasteiger partial charge in [0, 0.05) is 23.1 Å². The third-order valence-electron chi connectivity index (χ3n) is 4.63. The van der Waals surface area contributed by atoms with Gasteiger partial charge in [-0.25, -0.2) is 0 Å². The number of furan rings is 1. The molecule has 5 rings (SSSR count). The summed E-state index contributed by atoms with van der Waals surface area (Å²) in [5.41, 5.74) is 1.49. The third kappa shape index (κ3) is 2.87. The molecule has 0 unspecified atom stereocenters. The largest absolute Gasteiger partial charge is 0.454 e. The van der Waals surface area contributed by atoms with Crippen molar-refractivity contribution in [2.45, 2.75) is 12.8 Å². The molecule has 0 radical (unpaired) electrons. The molecule has 2 N–H and O–H groups in total. The first-order valence-electron chi connectivity index (χ1n) is 8.72. The highest BCUT2D eigenvalue weighted by atomic mass is 16.7. The van der Waals surface area contributed by atoms with E-state index in [4.69, 9.17) is 13.9 Å². The first-order chi connectivity index (χ1) is 13.2. The number of hydrogen-bond donors (Lipinski definition) is 2. The van der Waals surface area contributed by atoms with Gasteiger partial charge in [-0.1, -0.05) is 12.1 Å². The number of amides is 2. The number of anilines is 2. The molecule has 2 aromatic carbocycles. The van der Waals surface area contributed by atoms with Gasteiger partial charge in [0.2, 0.25) is 18.5 Å². The number of rotatable bonds is 4. The van der Waals surface area contributed by atoms with Gasteiger partial charge in [0.05, 0.1) is 0 Å². The van der Waals surface area contributed by atoms with E-state index < -0.39 is 5.91 Å². The Morgan fingerprint density at radius 2 is 1.78 bits per heavy atom. The molecule has 2 aliphatic rings. The minimum Gasteiger partial charge on any atom is -0.454 e. The van der Waals surface area contributed by atoms with Crippen LogP contribution in [0.4, 0.5) is 11.4 Å². The van der Waals surface area contributed by atoms with Crippen LogP contribution in [0.15, 0.2) is 46.9 Å². The fourth-order valence-corrected chi connectivity index (χ4v) is 3.06. The Morgan fingerprint density at radius 3 is 2.63 bits per heavy atom. The van der Waals surface area contributed by atoms with Gasteiger partial charge in [-0.3, -0.25) is 9.59 Å². The van der Waals surface area contributed by atoms with Gasteiger partial charge >= 0.3 is 0 Å². The van der Waals surface area contributed by atoms with E-state index in [9.17, 15) is 9.59 Å². The van der Waals surface area contributed by atoms with Crippen molar-refractivity contribution in [3.05, 3.63) is 48.2 Å². The van der Waals surface area contributed by atoms with Crippen LogP contribution in [0, 0.1) is 5.92 Å². The maximum atomic E-state index is 12.8. The van der Waals surface area contributed by atoms with E-state index in [0.29, 0.717) is 33.8 Å². The number of fused-ring (bicyclic) bond motifs is 2. The Kier molecular flexibility index (Phi) is 3.53. The molecule has 1 saturated carbocycles. The topological polar surface area (TPSA) is 89.8 Å². The van der Waals surface area contributed by atoms with Gasteiger partial charge in [0.25, 0.3) is 5.91 Å². The molecule has 0 atom stereocenters. The van der Waals surface area contributed by atoms with Crippen LogP contribution in [0.3, 0.4) is 0 Å². The Balaban J connectivity index is 1.47. The van der Waals surface area contributed by atoms with E-state index in [-0.39, 0.29) is 24.4 Å². The zero-order chi connectivity index (χ0) is 18.4. The van der Waals surface area contributed by atoms with E-state index in [1.807, 2.05) is 18.2 Å². The Labute approximate surface area is 154 Å². The number of hydrogen-bond acceptors (Lipinski definition) is 5. The molecule has 1 aliphatic carbocycles. The van der Waals surface area contributed by atoms with Crippen LogP contribution in [0.5, 0.6) is 11.5 Å². The van der Waals surface area contributed by atoms with Gasteiger partial charge in [-0.05, 0) is 37.1 Å². The Bertz CT molecular complexity index is 1070. The van der Waals surface area contributed by atoms with Gasteiger partial charge in [-0.2, -0.15) is 0 Å². The van der Waals surface area contributed by atoms with Crippen LogP contribution >= 0.6 is 0 Å². The molecule has 136 valence electrons. The average molecular weight is 364 g/mol. The minimum atomic E-state index is -0.448. The number of ether oxygens (including phenoxy) is 2. The van der Waals surface area contributed by atoms with Crippen LogP contribution in [-0.4, -0.2) is 18.6 Å². The number of carbonyl (C=O) groups is 2. The molecule has 27 heavy (non-hydrogen) atoms. The summed E-state index contributed by atoms with van der Waals surface area (Å²) in [5, 5.41) is 6.35. The quantitative estimate of drug-likeness (QED) is 0.736. The molecule has 7 nitrogen and oxygen atoms in total. The summed E-state index contributed by atoms with van der Waals surface area (Å²) in [4.78, 5) is 25.1. The lowest BCUT2D eigenvalue weighted by Gasteiger charge is -2.07. The predicted octanol–water partition coefficient (Wildman–Crippen LogP) is 3.76. The summed E-state index contributed by atoms with van der Waals surface area (Å²) in [6, 6.07) is 12.4. The monoisotopic (exact) mass is 364 g/mol. The third-order valence-corrected chi connectivity index (χ3v) is 4.63. The molecule has 0 bridgehead atoms. The van der Waals surface area contributed by atoms with Crippen molar-refractivity contribution in [2.24, 2.45) is 5.92 Å². The van der Waals surface area contributed by atoms with Crippen molar-refractivity contribution in [3.8, 4) is 11.5 Å². The molecule has 7 heteroatoms. The van der Waals surface area contributed by atoms with Gasteiger partial charge in [0.1, 0.15) is 11.3 Å². The zero-order valence-electron chi connectivity index (χ0n) is 14.3. The molecule has 1 fully saturated rings. The lowest BCUT2D eigenvalue weighted by Crippen LogP contribution is -2.18. The number of carbonyl (C=O) groups excluding carboxylic acids is 2. The second-order valence-corrected chi connectivity index (χ2v) is 6.59. The van der Waals surface area contributed by atoms with Crippen LogP contribution in [0.25, 0.3) is 11.0 Å². The van der Waals surface area contributed by atoms with E-state index >= 15 is 0 Å². The molecule has 1 aromatic heterocycles. The molecule has 3 aromatic rings. The molecule has 1 aliphatic heterocycles. The summed E-state index contributed by atoms with van der Waals surface area (Å²) >= 11 is 0. The summed E-state index contributed by atoms with van der Waals surface area (Å²) in [6.45, 7) is 0.160. The van der Waals surface area contributed by atoms with Crippen LogP contribution < -0.4 is 20.1 Å². The van der Waals surface area contributed by atoms with Crippen LogP contribution in [0.1, 0.15) is 23.4 Å². The van der Waals surface area contributed by atoms with Gasteiger partial charge in [0.15, 0.2) is 11.5 Å². The van der Waals surface area contributed by atoms with Gasteiger partial charge < -0.3 is 24.5 Å². The van der Waals surface area contributed by atoms with Crippen molar-refractivity contribution >= 4 is 34.2 Å². The maximum absolute atomic E-state index is 12.8.